The zero-order valence-corrected chi connectivity index (χ0v) is 14.9. The van der Waals surface area contributed by atoms with Crippen molar-refractivity contribution in [1.82, 2.24) is 5.32 Å². The molecule has 0 heterocycles. The standard InChI is InChI=1S/C20H27NO3/c1-19(2,3)15-6-8-16(9-7-15)20(10-11-20)18(23)21-12-17(22)24-13-14-4-5-14/h6-9,14H,4-5,10-13H2,1-3H3,(H,21,23). The monoisotopic (exact) mass is 329 g/mol. The molecule has 0 radical (unpaired) electrons. The summed E-state index contributed by atoms with van der Waals surface area (Å²) < 4.78 is 5.15. The van der Waals surface area contributed by atoms with Crippen LogP contribution in [0.1, 0.15) is 57.6 Å². The van der Waals surface area contributed by atoms with Gasteiger partial charge in [-0.1, -0.05) is 45.0 Å². The third-order valence-corrected chi connectivity index (χ3v) is 5.06. The predicted molar refractivity (Wildman–Crippen MR) is 92.7 cm³/mol. The molecule has 0 unspecified atom stereocenters. The third-order valence-electron chi connectivity index (χ3n) is 5.06. The molecule has 0 aliphatic heterocycles. The van der Waals surface area contributed by atoms with Crippen LogP contribution < -0.4 is 5.32 Å². The van der Waals surface area contributed by atoms with Crippen LogP contribution in [0.25, 0.3) is 0 Å². The van der Waals surface area contributed by atoms with E-state index in [-0.39, 0.29) is 23.8 Å². The van der Waals surface area contributed by atoms with Crippen LogP contribution in [-0.4, -0.2) is 25.0 Å². The Morgan fingerprint density at radius 3 is 2.29 bits per heavy atom. The second-order valence-electron chi connectivity index (χ2n) is 8.22. The van der Waals surface area contributed by atoms with Crippen molar-refractivity contribution < 1.29 is 14.3 Å². The van der Waals surface area contributed by atoms with Crippen LogP contribution in [0.2, 0.25) is 0 Å². The maximum Gasteiger partial charge on any atom is 0.325 e. The normalized spacial score (nSPS) is 18.8. The zero-order valence-electron chi connectivity index (χ0n) is 14.9. The van der Waals surface area contributed by atoms with E-state index in [0.717, 1.165) is 31.2 Å². The quantitative estimate of drug-likeness (QED) is 0.816. The molecule has 0 spiro atoms. The summed E-state index contributed by atoms with van der Waals surface area (Å²) in [6, 6.07) is 8.32. The van der Waals surface area contributed by atoms with Crippen LogP contribution in [0, 0.1) is 5.92 Å². The fourth-order valence-electron chi connectivity index (χ4n) is 2.93. The van der Waals surface area contributed by atoms with Gasteiger partial charge in [0.05, 0.1) is 12.0 Å². The Kier molecular flexibility index (Phi) is 4.41. The minimum absolute atomic E-state index is 0.0343. The van der Waals surface area contributed by atoms with Crippen LogP contribution >= 0.6 is 0 Å². The van der Waals surface area contributed by atoms with E-state index in [0.29, 0.717) is 12.5 Å². The average Bonchev–Trinajstić information content (AvgIpc) is 3.44. The smallest absolute Gasteiger partial charge is 0.325 e. The number of ether oxygens (including phenoxy) is 1. The molecule has 2 fully saturated rings. The number of benzene rings is 1. The van der Waals surface area contributed by atoms with Gasteiger partial charge < -0.3 is 10.1 Å². The van der Waals surface area contributed by atoms with Crippen molar-refractivity contribution in [3.05, 3.63) is 35.4 Å². The van der Waals surface area contributed by atoms with Gasteiger partial charge in [-0.05, 0) is 48.1 Å². The largest absolute Gasteiger partial charge is 0.464 e. The molecule has 0 atom stereocenters. The second kappa shape index (κ2) is 6.23. The summed E-state index contributed by atoms with van der Waals surface area (Å²) in [6.45, 7) is 6.99. The highest BCUT2D eigenvalue weighted by atomic mass is 16.5. The zero-order chi connectivity index (χ0) is 17.4. The lowest BCUT2D eigenvalue weighted by Gasteiger charge is -2.21. The number of nitrogens with one attached hydrogen (secondary N) is 1. The first-order chi connectivity index (χ1) is 11.3. The van der Waals surface area contributed by atoms with Crippen molar-refractivity contribution in [2.45, 2.75) is 57.3 Å². The van der Waals surface area contributed by atoms with E-state index < -0.39 is 5.41 Å². The number of hydrogen-bond acceptors (Lipinski definition) is 3. The summed E-state index contributed by atoms with van der Waals surface area (Å²) in [7, 11) is 0. The highest BCUT2D eigenvalue weighted by Crippen LogP contribution is 2.48. The molecule has 4 nitrogen and oxygen atoms in total. The number of esters is 1. The molecule has 3 rings (SSSR count). The van der Waals surface area contributed by atoms with Crippen molar-refractivity contribution in [3.8, 4) is 0 Å². The van der Waals surface area contributed by atoms with Crippen molar-refractivity contribution in [3.63, 3.8) is 0 Å². The maximum atomic E-state index is 12.5. The van der Waals surface area contributed by atoms with E-state index in [1.807, 2.05) is 0 Å². The van der Waals surface area contributed by atoms with Crippen LogP contribution in [0.4, 0.5) is 0 Å². The van der Waals surface area contributed by atoms with Gasteiger partial charge in [-0.3, -0.25) is 9.59 Å². The van der Waals surface area contributed by atoms with Gasteiger partial charge in [0, 0.05) is 0 Å². The molecule has 1 aromatic carbocycles. The van der Waals surface area contributed by atoms with Gasteiger partial charge >= 0.3 is 5.97 Å². The molecule has 0 bridgehead atoms. The lowest BCUT2D eigenvalue weighted by Crippen LogP contribution is -2.38. The van der Waals surface area contributed by atoms with E-state index >= 15 is 0 Å². The first-order valence-electron chi connectivity index (χ1n) is 8.86. The molecule has 2 aliphatic carbocycles. The molecule has 0 aromatic heterocycles. The Bertz CT molecular complexity index is 619. The Morgan fingerprint density at radius 1 is 1.17 bits per heavy atom. The minimum Gasteiger partial charge on any atom is -0.464 e. The summed E-state index contributed by atoms with van der Waals surface area (Å²) in [4.78, 5) is 24.2. The fourth-order valence-corrected chi connectivity index (χ4v) is 2.93. The fraction of sp³-hybridized carbons (Fsp3) is 0.600. The minimum atomic E-state index is -0.451. The molecule has 1 aromatic rings. The number of carbonyl (C=O) groups excluding carboxylic acids is 2. The number of hydrogen-bond donors (Lipinski definition) is 1. The van der Waals surface area contributed by atoms with Crippen molar-refractivity contribution >= 4 is 11.9 Å². The Morgan fingerprint density at radius 2 is 1.79 bits per heavy atom. The summed E-state index contributed by atoms with van der Waals surface area (Å²) in [5.74, 6) is 0.143. The maximum absolute atomic E-state index is 12.5. The number of amides is 1. The van der Waals surface area contributed by atoms with Crippen LogP contribution in [-0.2, 0) is 25.2 Å². The topological polar surface area (TPSA) is 55.4 Å². The molecular formula is C20H27NO3. The molecule has 130 valence electrons. The summed E-state index contributed by atoms with van der Waals surface area (Å²) in [5, 5.41) is 2.76. The van der Waals surface area contributed by atoms with Gasteiger partial charge in [0.1, 0.15) is 6.54 Å². The number of rotatable bonds is 6. The first-order valence-corrected chi connectivity index (χ1v) is 8.86. The van der Waals surface area contributed by atoms with Crippen LogP contribution in [0.5, 0.6) is 0 Å². The average molecular weight is 329 g/mol. The van der Waals surface area contributed by atoms with Gasteiger partial charge in [-0.2, -0.15) is 0 Å². The molecule has 2 saturated carbocycles. The third kappa shape index (κ3) is 3.80. The van der Waals surface area contributed by atoms with Gasteiger partial charge in [0.15, 0.2) is 0 Å². The van der Waals surface area contributed by atoms with Crippen LogP contribution in [0.3, 0.4) is 0 Å². The van der Waals surface area contributed by atoms with Crippen molar-refractivity contribution in [1.29, 1.82) is 0 Å². The summed E-state index contributed by atoms with van der Waals surface area (Å²) >= 11 is 0. The Labute approximate surface area is 144 Å². The molecule has 1 amide bonds. The highest BCUT2D eigenvalue weighted by Gasteiger charge is 2.51. The molecule has 1 N–H and O–H groups in total. The lowest BCUT2D eigenvalue weighted by atomic mass is 9.85. The van der Waals surface area contributed by atoms with E-state index in [2.05, 4.69) is 50.4 Å². The van der Waals surface area contributed by atoms with E-state index in [1.54, 1.807) is 0 Å². The van der Waals surface area contributed by atoms with Gasteiger partial charge in [0.2, 0.25) is 5.91 Å². The summed E-state index contributed by atoms with van der Waals surface area (Å²) in [6.07, 6.45) is 3.97. The highest BCUT2D eigenvalue weighted by molar-refractivity contribution is 5.93. The predicted octanol–water partition coefficient (Wildman–Crippen LogP) is 3.09. The lowest BCUT2D eigenvalue weighted by molar-refractivity contribution is -0.144. The van der Waals surface area contributed by atoms with Gasteiger partial charge in [0.25, 0.3) is 0 Å². The van der Waals surface area contributed by atoms with E-state index in [9.17, 15) is 9.59 Å². The number of carbonyl (C=O) groups is 2. The first kappa shape index (κ1) is 17.0. The molecule has 24 heavy (non-hydrogen) atoms. The molecular weight excluding hydrogens is 302 g/mol. The molecule has 0 saturated heterocycles. The Hall–Kier alpha value is -1.84. The Balaban J connectivity index is 1.56. The van der Waals surface area contributed by atoms with E-state index in [4.69, 9.17) is 4.74 Å². The van der Waals surface area contributed by atoms with Crippen LogP contribution in [0.15, 0.2) is 24.3 Å². The van der Waals surface area contributed by atoms with Crippen molar-refractivity contribution in [2.75, 3.05) is 13.2 Å². The SMILES string of the molecule is CC(C)(C)c1ccc(C2(C(=O)NCC(=O)OCC3CC3)CC2)cc1. The van der Waals surface area contributed by atoms with Gasteiger partial charge in [-0.25, -0.2) is 0 Å². The second-order valence-corrected chi connectivity index (χ2v) is 8.22. The van der Waals surface area contributed by atoms with Gasteiger partial charge in [-0.15, -0.1) is 0 Å². The van der Waals surface area contributed by atoms with E-state index in [1.165, 1.54) is 5.56 Å². The molecule has 2 aliphatic rings. The molecule has 4 heteroatoms. The van der Waals surface area contributed by atoms with Crippen molar-refractivity contribution in [2.24, 2.45) is 5.92 Å². The summed E-state index contributed by atoms with van der Waals surface area (Å²) in [5.41, 5.74) is 1.95.